The molecule has 5 heteroatoms. The van der Waals surface area contributed by atoms with Gasteiger partial charge in [-0.2, -0.15) is 0 Å². The zero-order valence-electron chi connectivity index (χ0n) is 13.5. The molecule has 0 amide bonds. The minimum absolute atomic E-state index is 0.175. The number of aromatic amines is 1. The molecule has 3 rings (SSSR count). The SMILES string of the molecule is CCOC(=O)c1ccc2[nH]c3c(c2c1)CCC[C@H]3C(=O)OCC. The number of esters is 2. The quantitative estimate of drug-likeness (QED) is 0.879. The van der Waals surface area contributed by atoms with Gasteiger partial charge in [-0.1, -0.05) is 0 Å². The number of H-pyrrole nitrogens is 1. The highest BCUT2D eigenvalue weighted by Gasteiger charge is 2.30. The molecule has 0 radical (unpaired) electrons. The molecule has 1 atom stereocenters. The molecule has 0 saturated carbocycles. The molecule has 0 fully saturated rings. The van der Waals surface area contributed by atoms with Crippen molar-refractivity contribution in [3.8, 4) is 0 Å². The van der Waals surface area contributed by atoms with Crippen LogP contribution in [0.15, 0.2) is 18.2 Å². The number of hydrogen-bond acceptors (Lipinski definition) is 4. The second kappa shape index (κ2) is 6.44. The maximum atomic E-state index is 12.2. The van der Waals surface area contributed by atoms with Crippen molar-refractivity contribution in [3.63, 3.8) is 0 Å². The summed E-state index contributed by atoms with van der Waals surface area (Å²) in [6.45, 7) is 4.35. The summed E-state index contributed by atoms with van der Waals surface area (Å²) in [5.41, 5.74) is 3.54. The first-order chi connectivity index (χ1) is 11.2. The van der Waals surface area contributed by atoms with Crippen LogP contribution in [0.1, 0.15) is 54.2 Å². The van der Waals surface area contributed by atoms with Crippen LogP contribution in [0.5, 0.6) is 0 Å². The van der Waals surface area contributed by atoms with Crippen LogP contribution < -0.4 is 0 Å². The van der Waals surface area contributed by atoms with Crippen molar-refractivity contribution >= 4 is 22.8 Å². The van der Waals surface area contributed by atoms with E-state index in [1.54, 1.807) is 13.0 Å². The number of aryl methyl sites for hydroxylation is 1. The lowest BCUT2D eigenvalue weighted by Gasteiger charge is -2.20. The topological polar surface area (TPSA) is 68.4 Å². The zero-order chi connectivity index (χ0) is 16.4. The standard InChI is InChI=1S/C18H21NO4/c1-3-22-17(20)11-8-9-15-14(10-11)12-6-5-7-13(16(12)19-15)18(21)23-4-2/h8-10,13,19H,3-7H2,1-2H3/t13-/m1/s1. The van der Waals surface area contributed by atoms with Gasteiger partial charge >= 0.3 is 11.9 Å². The van der Waals surface area contributed by atoms with Crippen LogP contribution >= 0.6 is 0 Å². The van der Waals surface area contributed by atoms with Crippen LogP contribution in [-0.4, -0.2) is 30.1 Å². The molecule has 0 saturated heterocycles. The van der Waals surface area contributed by atoms with E-state index in [0.29, 0.717) is 18.8 Å². The molecule has 0 aliphatic heterocycles. The summed E-state index contributed by atoms with van der Waals surface area (Å²) < 4.78 is 10.3. The largest absolute Gasteiger partial charge is 0.465 e. The third-order valence-corrected chi connectivity index (χ3v) is 4.29. The second-order valence-electron chi connectivity index (χ2n) is 5.69. The van der Waals surface area contributed by atoms with E-state index in [2.05, 4.69) is 4.98 Å². The molecule has 1 aliphatic rings. The monoisotopic (exact) mass is 315 g/mol. The molecular formula is C18H21NO4. The lowest BCUT2D eigenvalue weighted by molar-refractivity contribution is -0.145. The van der Waals surface area contributed by atoms with Crippen molar-refractivity contribution in [2.24, 2.45) is 0 Å². The van der Waals surface area contributed by atoms with Crippen LogP contribution in [0.2, 0.25) is 0 Å². The number of benzene rings is 1. The summed E-state index contributed by atoms with van der Waals surface area (Å²) in [7, 11) is 0. The van der Waals surface area contributed by atoms with E-state index < -0.39 is 0 Å². The number of carbonyl (C=O) groups excluding carboxylic acids is 2. The van der Waals surface area contributed by atoms with Gasteiger partial charge in [-0.25, -0.2) is 4.79 Å². The van der Waals surface area contributed by atoms with Crippen molar-refractivity contribution in [2.75, 3.05) is 13.2 Å². The Kier molecular flexibility index (Phi) is 4.37. The predicted molar refractivity (Wildman–Crippen MR) is 86.6 cm³/mol. The molecule has 1 aliphatic carbocycles. The molecule has 1 heterocycles. The smallest absolute Gasteiger partial charge is 0.338 e. The molecule has 1 N–H and O–H groups in total. The van der Waals surface area contributed by atoms with Crippen molar-refractivity contribution < 1.29 is 19.1 Å². The van der Waals surface area contributed by atoms with E-state index in [4.69, 9.17) is 9.47 Å². The molecule has 23 heavy (non-hydrogen) atoms. The summed E-state index contributed by atoms with van der Waals surface area (Å²) in [5.74, 6) is -0.732. The summed E-state index contributed by atoms with van der Waals surface area (Å²) in [5, 5.41) is 1.000. The Morgan fingerprint density at radius 1 is 1.22 bits per heavy atom. The van der Waals surface area contributed by atoms with Crippen molar-refractivity contribution in [3.05, 3.63) is 35.0 Å². The third-order valence-electron chi connectivity index (χ3n) is 4.29. The van der Waals surface area contributed by atoms with Crippen LogP contribution in [-0.2, 0) is 20.7 Å². The number of fused-ring (bicyclic) bond motifs is 3. The highest BCUT2D eigenvalue weighted by Crippen LogP contribution is 2.37. The first-order valence-corrected chi connectivity index (χ1v) is 8.14. The molecule has 0 bridgehead atoms. The summed E-state index contributed by atoms with van der Waals surface area (Å²) in [6.07, 6.45) is 2.63. The average Bonchev–Trinajstić information content (AvgIpc) is 2.93. The fraction of sp³-hybridized carbons (Fsp3) is 0.444. The maximum absolute atomic E-state index is 12.2. The molecule has 1 aromatic carbocycles. The Labute approximate surface area is 135 Å². The first-order valence-electron chi connectivity index (χ1n) is 8.14. The van der Waals surface area contributed by atoms with E-state index in [1.807, 2.05) is 19.1 Å². The number of ether oxygens (including phenoxy) is 2. The van der Waals surface area contributed by atoms with Gasteiger partial charge in [0.05, 0.1) is 24.7 Å². The van der Waals surface area contributed by atoms with Gasteiger partial charge in [0.25, 0.3) is 0 Å². The Balaban J connectivity index is 2.02. The van der Waals surface area contributed by atoms with Gasteiger partial charge in [-0.3, -0.25) is 4.79 Å². The van der Waals surface area contributed by atoms with Crippen LogP contribution in [0.25, 0.3) is 10.9 Å². The number of carbonyl (C=O) groups is 2. The molecule has 0 unspecified atom stereocenters. The van der Waals surface area contributed by atoms with Gasteiger partial charge in [0.2, 0.25) is 0 Å². The fourth-order valence-corrected chi connectivity index (χ4v) is 3.28. The van der Waals surface area contributed by atoms with Crippen molar-refractivity contribution in [2.45, 2.75) is 39.0 Å². The zero-order valence-corrected chi connectivity index (χ0v) is 13.5. The van der Waals surface area contributed by atoms with E-state index >= 15 is 0 Å². The summed E-state index contributed by atoms with van der Waals surface area (Å²) >= 11 is 0. The highest BCUT2D eigenvalue weighted by atomic mass is 16.5. The van der Waals surface area contributed by atoms with Gasteiger partial charge in [-0.15, -0.1) is 0 Å². The van der Waals surface area contributed by atoms with Gasteiger partial charge in [0.1, 0.15) is 0 Å². The molecule has 5 nitrogen and oxygen atoms in total. The van der Waals surface area contributed by atoms with Gasteiger partial charge in [-0.05, 0) is 56.9 Å². The number of nitrogens with one attached hydrogen (secondary N) is 1. The van der Waals surface area contributed by atoms with Crippen LogP contribution in [0.3, 0.4) is 0 Å². The fourth-order valence-electron chi connectivity index (χ4n) is 3.28. The second-order valence-corrected chi connectivity index (χ2v) is 5.69. The Bertz CT molecular complexity index is 747. The van der Waals surface area contributed by atoms with Crippen molar-refractivity contribution in [1.82, 2.24) is 4.98 Å². The Morgan fingerprint density at radius 3 is 2.74 bits per heavy atom. The van der Waals surface area contributed by atoms with E-state index in [0.717, 1.165) is 41.4 Å². The average molecular weight is 315 g/mol. The third kappa shape index (κ3) is 2.83. The molecule has 122 valence electrons. The van der Waals surface area contributed by atoms with Gasteiger partial charge in [0, 0.05) is 16.6 Å². The number of hydrogen-bond donors (Lipinski definition) is 1. The van der Waals surface area contributed by atoms with E-state index in [1.165, 1.54) is 0 Å². The molecule has 0 spiro atoms. The van der Waals surface area contributed by atoms with Crippen LogP contribution in [0.4, 0.5) is 0 Å². The lowest BCUT2D eigenvalue weighted by Crippen LogP contribution is -2.20. The first kappa shape index (κ1) is 15.6. The normalized spacial score (nSPS) is 16.9. The Morgan fingerprint density at radius 2 is 2.00 bits per heavy atom. The van der Waals surface area contributed by atoms with Crippen molar-refractivity contribution in [1.29, 1.82) is 0 Å². The van der Waals surface area contributed by atoms with Gasteiger partial charge in [0.15, 0.2) is 0 Å². The van der Waals surface area contributed by atoms with Gasteiger partial charge < -0.3 is 14.5 Å². The molecule has 2 aromatic rings. The van der Waals surface area contributed by atoms with E-state index in [9.17, 15) is 9.59 Å². The maximum Gasteiger partial charge on any atom is 0.338 e. The van der Waals surface area contributed by atoms with E-state index in [-0.39, 0.29) is 17.9 Å². The highest BCUT2D eigenvalue weighted by molar-refractivity contribution is 5.97. The minimum atomic E-state index is -0.317. The Hall–Kier alpha value is -2.30. The van der Waals surface area contributed by atoms with Crippen LogP contribution in [0, 0.1) is 0 Å². The number of rotatable bonds is 4. The lowest BCUT2D eigenvalue weighted by atomic mass is 9.86. The molecule has 1 aromatic heterocycles. The summed E-state index contributed by atoms with van der Waals surface area (Å²) in [6, 6.07) is 5.49. The summed E-state index contributed by atoms with van der Waals surface area (Å²) in [4.78, 5) is 27.5. The predicted octanol–water partition coefficient (Wildman–Crippen LogP) is 3.33. The number of aromatic nitrogens is 1. The molecular weight excluding hydrogens is 294 g/mol. The minimum Gasteiger partial charge on any atom is -0.465 e.